The summed E-state index contributed by atoms with van der Waals surface area (Å²) in [5.74, 6) is 0.930. The third-order valence-corrected chi connectivity index (χ3v) is 12.2. The number of hydrogen-bond donors (Lipinski definition) is 6. The van der Waals surface area contributed by atoms with Gasteiger partial charge in [0.25, 0.3) is 0 Å². The van der Waals surface area contributed by atoms with Crippen molar-refractivity contribution in [3.63, 3.8) is 0 Å². The van der Waals surface area contributed by atoms with Crippen LogP contribution in [0.2, 0.25) is 0 Å². The molecule has 4 aliphatic carbocycles. The molecule has 224 valence electrons. The Labute approximate surface area is 234 Å². The van der Waals surface area contributed by atoms with Gasteiger partial charge in [0.2, 0.25) is 5.91 Å². The van der Waals surface area contributed by atoms with E-state index in [9.17, 15) is 24.9 Å². The lowest BCUT2D eigenvalue weighted by Crippen LogP contribution is -2.62. The Morgan fingerprint density at radius 2 is 1.72 bits per heavy atom. The fraction of sp³-hybridized carbons (Fsp3) is 0.935. The normalized spacial score (nSPS) is 43.1. The van der Waals surface area contributed by atoms with Crippen LogP contribution in [0.4, 0.5) is 0 Å². The molecule has 4 rings (SSSR count). The summed E-state index contributed by atoms with van der Waals surface area (Å²) in [5.41, 5.74) is 5.87. The van der Waals surface area contributed by atoms with Gasteiger partial charge in [-0.15, -0.1) is 0 Å². The first-order valence-corrected chi connectivity index (χ1v) is 15.7. The monoisotopic (exact) mass is 550 g/mol. The summed E-state index contributed by atoms with van der Waals surface area (Å²) in [6, 6.07) is -0.109. The van der Waals surface area contributed by atoms with Crippen LogP contribution < -0.4 is 11.1 Å². The molecule has 0 aliphatic heterocycles. The molecule has 0 aromatic carbocycles. The highest BCUT2D eigenvalue weighted by atomic mass is 16.4. The lowest BCUT2D eigenvalue weighted by Gasteiger charge is -2.63. The first kappa shape index (κ1) is 30.7. The Morgan fingerprint density at radius 3 is 2.44 bits per heavy atom. The zero-order chi connectivity index (χ0) is 28.5. The number of amides is 1. The molecule has 0 radical (unpaired) electrons. The topological polar surface area (TPSA) is 153 Å². The van der Waals surface area contributed by atoms with Gasteiger partial charge in [0, 0.05) is 25.4 Å². The molecule has 4 aliphatic rings. The van der Waals surface area contributed by atoms with E-state index in [0.29, 0.717) is 55.9 Å². The van der Waals surface area contributed by atoms with Crippen molar-refractivity contribution in [2.45, 2.75) is 129 Å². The number of rotatable bonds is 11. The maximum atomic E-state index is 12.6. The van der Waals surface area contributed by atoms with Crippen molar-refractivity contribution >= 4 is 11.9 Å². The van der Waals surface area contributed by atoms with Crippen molar-refractivity contribution < 1.29 is 30.0 Å². The molecular formula is C31H54N2O6. The number of nitrogens with one attached hydrogen (secondary N) is 1. The second-order valence-corrected chi connectivity index (χ2v) is 14.2. The quantitative estimate of drug-likeness (QED) is 0.230. The third kappa shape index (κ3) is 6.19. The number of carboxylic acid groups (broad SMARTS) is 1. The number of aliphatic hydroxyl groups is 3. The van der Waals surface area contributed by atoms with Gasteiger partial charge in [0.15, 0.2) is 0 Å². The van der Waals surface area contributed by atoms with Gasteiger partial charge in [-0.3, -0.25) is 9.59 Å². The standard InChI is InChI=1S/C31H54N2O6/c1-18(7-10-27(37)33-14-12-20(32)5-4-6-28(38)39)22-8-9-23-29-24(17-26(36)31(22,23)3)30(2)13-11-21(34)15-19(30)16-25(29)35/h18-26,29,34-36H,4-17,32H2,1-3H3,(H,33,37)(H,38,39)/t18-,19+,20?,21-,22-,23?,24?,25-,26+,29?,30+,31-/m1/s1. The molecule has 8 heteroatoms. The van der Waals surface area contributed by atoms with E-state index in [1.54, 1.807) is 0 Å². The lowest BCUT2D eigenvalue weighted by molar-refractivity contribution is -0.207. The molecule has 0 bridgehead atoms. The lowest BCUT2D eigenvalue weighted by atomic mass is 9.43. The maximum Gasteiger partial charge on any atom is 0.303 e. The number of nitrogens with two attached hydrogens (primary N) is 1. The molecule has 4 fully saturated rings. The van der Waals surface area contributed by atoms with Gasteiger partial charge in [-0.2, -0.15) is 0 Å². The highest BCUT2D eigenvalue weighted by molar-refractivity contribution is 5.75. The Balaban J connectivity index is 1.31. The van der Waals surface area contributed by atoms with Crippen LogP contribution >= 0.6 is 0 Å². The summed E-state index contributed by atoms with van der Waals surface area (Å²) in [6.07, 6.45) is 8.24. The Bertz CT molecular complexity index is 870. The maximum absolute atomic E-state index is 12.6. The molecule has 0 aromatic heterocycles. The Hall–Kier alpha value is -1.22. The van der Waals surface area contributed by atoms with E-state index in [-0.39, 0.29) is 53.2 Å². The van der Waals surface area contributed by atoms with Gasteiger partial charge in [0.05, 0.1) is 18.3 Å². The van der Waals surface area contributed by atoms with Gasteiger partial charge in [-0.1, -0.05) is 20.8 Å². The summed E-state index contributed by atoms with van der Waals surface area (Å²) in [6.45, 7) is 7.34. The average Bonchev–Trinajstić information content (AvgIpc) is 3.22. The van der Waals surface area contributed by atoms with Crippen LogP contribution in [0.25, 0.3) is 0 Å². The zero-order valence-corrected chi connectivity index (χ0v) is 24.4. The van der Waals surface area contributed by atoms with Crippen LogP contribution in [0.1, 0.15) is 104 Å². The van der Waals surface area contributed by atoms with Crippen LogP contribution in [0.3, 0.4) is 0 Å². The fourth-order valence-electron chi connectivity index (χ4n) is 9.84. The number of fused-ring (bicyclic) bond motifs is 5. The molecule has 4 saturated carbocycles. The summed E-state index contributed by atoms with van der Waals surface area (Å²) >= 11 is 0. The van der Waals surface area contributed by atoms with E-state index in [1.807, 2.05) is 0 Å². The Kier molecular flexibility index (Phi) is 9.72. The number of carboxylic acids is 1. The van der Waals surface area contributed by atoms with E-state index in [1.165, 1.54) is 0 Å². The van der Waals surface area contributed by atoms with Gasteiger partial charge in [0.1, 0.15) is 0 Å². The molecule has 0 saturated heterocycles. The fourth-order valence-corrected chi connectivity index (χ4v) is 9.84. The molecule has 4 unspecified atom stereocenters. The van der Waals surface area contributed by atoms with Crippen molar-refractivity contribution in [3.8, 4) is 0 Å². The number of hydrogen-bond acceptors (Lipinski definition) is 6. The minimum absolute atomic E-state index is 0.0182. The molecule has 1 amide bonds. The van der Waals surface area contributed by atoms with Gasteiger partial charge < -0.3 is 31.5 Å². The van der Waals surface area contributed by atoms with Crippen LogP contribution in [0.15, 0.2) is 0 Å². The van der Waals surface area contributed by atoms with E-state index in [0.717, 1.165) is 51.4 Å². The third-order valence-electron chi connectivity index (χ3n) is 12.2. The number of carbonyl (C=O) groups excluding carboxylic acids is 1. The molecule has 0 spiro atoms. The molecule has 12 atom stereocenters. The van der Waals surface area contributed by atoms with Gasteiger partial charge >= 0.3 is 5.97 Å². The molecule has 39 heavy (non-hydrogen) atoms. The molecule has 8 nitrogen and oxygen atoms in total. The summed E-state index contributed by atoms with van der Waals surface area (Å²) in [4.78, 5) is 23.2. The molecule has 0 aromatic rings. The summed E-state index contributed by atoms with van der Waals surface area (Å²) in [7, 11) is 0. The van der Waals surface area contributed by atoms with Crippen molar-refractivity contribution in [1.82, 2.24) is 5.32 Å². The molecule has 0 heterocycles. The number of carbonyl (C=O) groups is 2. The van der Waals surface area contributed by atoms with E-state index in [4.69, 9.17) is 10.8 Å². The number of aliphatic hydroxyl groups excluding tert-OH is 3. The SMILES string of the molecule is C[C@H](CCC(=O)NCCC(N)CCCC(=O)O)[C@H]1CCC2C3C(C[C@H](O)[C@@]21C)[C@@]1(C)CC[C@@H](O)C[C@H]1C[C@H]3O. The smallest absolute Gasteiger partial charge is 0.303 e. The van der Waals surface area contributed by atoms with Crippen LogP contribution in [0.5, 0.6) is 0 Å². The van der Waals surface area contributed by atoms with Crippen molar-refractivity contribution in [2.24, 2.45) is 52.1 Å². The van der Waals surface area contributed by atoms with Crippen molar-refractivity contribution in [2.75, 3.05) is 6.54 Å². The summed E-state index contributed by atoms with van der Waals surface area (Å²) < 4.78 is 0. The van der Waals surface area contributed by atoms with Crippen molar-refractivity contribution in [3.05, 3.63) is 0 Å². The second-order valence-electron chi connectivity index (χ2n) is 14.2. The number of aliphatic carboxylic acids is 1. The van der Waals surface area contributed by atoms with E-state index >= 15 is 0 Å². The van der Waals surface area contributed by atoms with Crippen LogP contribution in [-0.2, 0) is 9.59 Å². The highest BCUT2D eigenvalue weighted by Crippen LogP contribution is 2.68. The first-order chi connectivity index (χ1) is 18.4. The zero-order valence-electron chi connectivity index (χ0n) is 24.4. The largest absolute Gasteiger partial charge is 0.481 e. The molecular weight excluding hydrogens is 496 g/mol. The highest BCUT2D eigenvalue weighted by Gasteiger charge is 2.65. The van der Waals surface area contributed by atoms with E-state index < -0.39 is 12.1 Å². The van der Waals surface area contributed by atoms with Gasteiger partial charge in [-0.05, 0) is 117 Å². The van der Waals surface area contributed by atoms with E-state index in [2.05, 4.69) is 26.1 Å². The minimum atomic E-state index is -0.810. The van der Waals surface area contributed by atoms with Crippen LogP contribution in [0, 0.1) is 46.3 Å². The second kappa shape index (κ2) is 12.3. The van der Waals surface area contributed by atoms with Gasteiger partial charge in [-0.25, -0.2) is 0 Å². The predicted octanol–water partition coefficient (Wildman–Crippen LogP) is 3.45. The van der Waals surface area contributed by atoms with Crippen LogP contribution in [-0.4, -0.2) is 63.2 Å². The first-order valence-electron chi connectivity index (χ1n) is 15.7. The predicted molar refractivity (Wildman–Crippen MR) is 149 cm³/mol. The minimum Gasteiger partial charge on any atom is -0.481 e. The summed E-state index contributed by atoms with van der Waals surface area (Å²) in [5, 5.41) is 45.2. The average molecular weight is 551 g/mol. The Morgan fingerprint density at radius 1 is 0.974 bits per heavy atom. The van der Waals surface area contributed by atoms with Crippen molar-refractivity contribution in [1.29, 1.82) is 0 Å². The molecule has 7 N–H and O–H groups in total.